The van der Waals surface area contributed by atoms with Crippen molar-refractivity contribution in [2.45, 2.75) is 46.5 Å². The summed E-state index contributed by atoms with van der Waals surface area (Å²) in [5, 5.41) is 5.95. The van der Waals surface area contributed by atoms with Crippen molar-refractivity contribution < 1.29 is 9.59 Å². The minimum Gasteiger partial charge on any atom is -0.376 e. The Morgan fingerprint density at radius 3 is 2.38 bits per heavy atom. The lowest BCUT2D eigenvalue weighted by atomic mass is 10.1. The molecule has 2 N–H and O–H groups in total. The van der Waals surface area contributed by atoms with Crippen LogP contribution >= 0.6 is 0 Å². The number of benzene rings is 1. The number of carbonyl (C=O) groups excluding carboxylic acids is 2. The average Bonchev–Trinajstić information content (AvgIpc) is 2.59. The topological polar surface area (TPSA) is 61.4 Å². The van der Waals surface area contributed by atoms with Gasteiger partial charge >= 0.3 is 0 Å². The van der Waals surface area contributed by atoms with Gasteiger partial charge in [0, 0.05) is 30.9 Å². The van der Waals surface area contributed by atoms with Gasteiger partial charge in [0.1, 0.15) is 0 Å². The Balaban J connectivity index is 2.62. The molecule has 0 aliphatic heterocycles. The minimum atomic E-state index is -0.0289. The number of nitrogens with zero attached hydrogens (tertiary/aromatic N) is 1. The summed E-state index contributed by atoms with van der Waals surface area (Å²) in [4.78, 5) is 26.2. The van der Waals surface area contributed by atoms with Crippen LogP contribution in [-0.4, -0.2) is 42.9 Å². The zero-order chi connectivity index (χ0) is 17.8. The molecular weight excluding hydrogens is 302 g/mol. The van der Waals surface area contributed by atoms with E-state index in [1.807, 2.05) is 29.2 Å². The van der Waals surface area contributed by atoms with E-state index in [0.29, 0.717) is 12.1 Å². The van der Waals surface area contributed by atoms with Crippen molar-refractivity contribution >= 4 is 17.5 Å². The lowest BCUT2D eigenvalue weighted by Crippen LogP contribution is -2.32. The Morgan fingerprint density at radius 2 is 1.75 bits per heavy atom. The molecule has 0 saturated carbocycles. The van der Waals surface area contributed by atoms with Crippen LogP contribution in [0.5, 0.6) is 0 Å². The molecule has 0 saturated heterocycles. The third kappa shape index (κ3) is 7.02. The maximum absolute atomic E-state index is 12.6. The van der Waals surface area contributed by atoms with E-state index in [1.165, 1.54) is 0 Å². The number of nitrogens with one attached hydrogen (secondary N) is 2. The van der Waals surface area contributed by atoms with Crippen LogP contribution in [0, 0.1) is 0 Å². The number of anilines is 1. The van der Waals surface area contributed by atoms with Gasteiger partial charge in [0.25, 0.3) is 5.91 Å². The van der Waals surface area contributed by atoms with Gasteiger partial charge in [-0.05, 0) is 37.5 Å². The number of hydrogen-bond acceptors (Lipinski definition) is 3. The molecule has 0 aliphatic rings. The number of unbranched alkanes of at least 4 members (excludes halogenated alkanes) is 1. The fourth-order valence-electron chi connectivity index (χ4n) is 2.45. The van der Waals surface area contributed by atoms with Crippen molar-refractivity contribution in [1.82, 2.24) is 10.2 Å². The molecule has 0 bridgehead atoms. The van der Waals surface area contributed by atoms with Crippen molar-refractivity contribution in [2.75, 3.05) is 31.5 Å². The van der Waals surface area contributed by atoms with Crippen LogP contribution in [0.3, 0.4) is 0 Å². The molecule has 0 unspecified atom stereocenters. The Labute approximate surface area is 145 Å². The highest BCUT2D eigenvalue weighted by Crippen LogP contribution is 2.13. The van der Waals surface area contributed by atoms with Crippen LogP contribution in [0.25, 0.3) is 0 Å². The average molecular weight is 333 g/mol. The summed E-state index contributed by atoms with van der Waals surface area (Å²) < 4.78 is 0. The molecule has 1 aromatic carbocycles. The minimum absolute atomic E-state index is 0.0289. The fourth-order valence-corrected chi connectivity index (χ4v) is 2.45. The fraction of sp³-hybridized carbons (Fsp3) is 0.579. The molecule has 1 rings (SSSR count). The summed E-state index contributed by atoms with van der Waals surface area (Å²) in [6.45, 7) is 8.70. The summed E-state index contributed by atoms with van der Waals surface area (Å²) in [6, 6.07) is 7.37. The first kappa shape index (κ1) is 20.0. The van der Waals surface area contributed by atoms with E-state index in [-0.39, 0.29) is 18.4 Å². The van der Waals surface area contributed by atoms with Crippen LogP contribution < -0.4 is 10.6 Å². The molecule has 0 spiro atoms. The zero-order valence-electron chi connectivity index (χ0n) is 15.2. The molecular formula is C19H31N3O2. The SMILES string of the molecule is CCCCNC(=O)CNc1cccc(C(=O)N(CCC)CCC)c1. The van der Waals surface area contributed by atoms with Crippen LogP contribution in [0.15, 0.2) is 24.3 Å². The predicted molar refractivity (Wildman–Crippen MR) is 99.3 cm³/mol. The highest BCUT2D eigenvalue weighted by Gasteiger charge is 2.14. The summed E-state index contributed by atoms with van der Waals surface area (Å²) in [6.07, 6.45) is 3.94. The largest absolute Gasteiger partial charge is 0.376 e. The molecule has 24 heavy (non-hydrogen) atoms. The van der Waals surface area contributed by atoms with Crippen LogP contribution in [0.1, 0.15) is 56.8 Å². The van der Waals surface area contributed by atoms with Crippen LogP contribution in [0.2, 0.25) is 0 Å². The van der Waals surface area contributed by atoms with Gasteiger partial charge in [-0.15, -0.1) is 0 Å². The first-order valence-corrected chi connectivity index (χ1v) is 9.02. The molecule has 0 heterocycles. The van der Waals surface area contributed by atoms with Crippen LogP contribution in [-0.2, 0) is 4.79 Å². The molecule has 5 heteroatoms. The lowest BCUT2D eigenvalue weighted by molar-refractivity contribution is -0.119. The Bertz CT molecular complexity index is 511. The van der Waals surface area contributed by atoms with Crippen molar-refractivity contribution in [3.05, 3.63) is 29.8 Å². The maximum atomic E-state index is 12.6. The van der Waals surface area contributed by atoms with Gasteiger partial charge in [-0.2, -0.15) is 0 Å². The van der Waals surface area contributed by atoms with E-state index < -0.39 is 0 Å². The van der Waals surface area contributed by atoms with Gasteiger partial charge < -0.3 is 15.5 Å². The summed E-state index contributed by atoms with van der Waals surface area (Å²) in [7, 11) is 0. The van der Waals surface area contributed by atoms with Crippen LogP contribution in [0.4, 0.5) is 5.69 Å². The molecule has 134 valence electrons. The van der Waals surface area contributed by atoms with Gasteiger partial charge in [0.15, 0.2) is 0 Å². The van der Waals surface area contributed by atoms with Gasteiger partial charge in [-0.25, -0.2) is 0 Å². The molecule has 0 radical (unpaired) electrons. The van der Waals surface area contributed by atoms with E-state index in [4.69, 9.17) is 0 Å². The van der Waals surface area contributed by atoms with Gasteiger partial charge in [-0.1, -0.05) is 33.3 Å². The molecule has 2 amide bonds. The van der Waals surface area contributed by atoms with Gasteiger partial charge in [-0.3, -0.25) is 9.59 Å². The predicted octanol–water partition coefficient (Wildman–Crippen LogP) is 3.28. The van der Waals surface area contributed by atoms with E-state index >= 15 is 0 Å². The van der Waals surface area contributed by atoms with E-state index in [9.17, 15) is 9.59 Å². The zero-order valence-corrected chi connectivity index (χ0v) is 15.2. The monoisotopic (exact) mass is 333 g/mol. The summed E-state index contributed by atoms with van der Waals surface area (Å²) in [5.74, 6) is 0.0218. The van der Waals surface area contributed by atoms with Crippen molar-refractivity contribution in [1.29, 1.82) is 0 Å². The normalized spacial score (nSPS) is 10.3. The number of rotatable bonds is 11. The highest BCUT2D eigenvalue weighted by atomic mass is 16.2. The van der Waals surface area contributed by atoms with Crippen molar-refractivity contribution in [3.8, 4) is 0 Å². The second-order valence-electron chi connectivity index (χ2n) is 5.93. The maximum Gasteiger partial charge on any atom is 0.253 e. The number of amides is 2. The third-order valence-electron chi connectivity index (χ3n) is 3.69. The van der Waals surface area contributed by atoms with Crippen molar-refractivity contribution in [2.24, 2.45) is 0 Å². The van der Waals surface area contributed by atoms with Gasteiger partial charge in [0.05, 0.1) is 6.54 Å². The second-order valence-corrected chi connectivity index (χ2v) is 5.93. The Morgan fingerprint density at radius 1 is 1.04 bits per heavy atom. The van der Waals surface area contributed by atoms with E-state index in [0.717, 1.165) is 44.5 Å². The second kappa shape index (κ2) is 11.5. The summed E-state index contributed by atoms with van der Waals surface area (Å²) in [5.41, 5.74) is 1.45. The summed E-state index contributed by atoms with van der Waals surface area (Å²) >= 11 is 0. The number of carbonyl (C=O) groups is 2. The van der Waals surface area contributed by atoms with Crippen molar-refractivity contribution in [3.63, 3.8) is 0 Å². The molecule has 5 nitrogen and oxygen atoms in total. The lowest BCUT2D eigenvalue weighted by Gasteiger charge is -2.21. The van der Waals surface area contributed by atoms with E-state index in [1.54, 1.807) is 0 Å². The van der Waals surface area contributed by atoms with E-state index in [2.05, 4.69) is 31.4 Å². The Kier molecular flexibility index (Phi) is 9.58. The first-order valence-electron chi connectivity index (χ1n) is 9.02. The Hall–Kier alpha value is -2.04. The number of hydrogen-bond donors (Lipinski definition) is 2. The molecule has 0 atom stereocenters. The molecule has 0 fully saturated rings. The quantitative estimate of drug-likeness (QED) is 0.611. The first-order chi connectivity index (χ1) is 11.6. The molecule has 1 aromatic rings. The highest BCUT2D eigenvalue weighted by molar-refractivity contribution is 5.95. The molecule has 0 aliphatic carbocycles. The van der Waals surface area contributed by atoms with Gasteiger partial charge in [0.2, 0.25) is 5.91 Å². The molecule has 0 aromatic heterocycles. The smallest absolute Gasteiger partial charge is 0.253 e. The standard InChI is InChI=1S/C19H31N3O2/c1-4-7-11-20-18(23)15-21-17-10-8-9-16(14-17)19(24)22(12-5-2)13-6-3/h8-10,14,21H,4-7,11-13,15H2,1-3H3,(H,20,23). The third-order valence-corrected chi connectivity index (χ3v) is 3.69.